The van der Waals surface area contributed by atoms with Crippen LogP contribution in [0.4, 0.5) is 15.8 Å². The van der Waals surface area contributed by atoms with Gasteiger partial charge in [0.05, 0.1) is 16.6 Å². The average molecular weight is 447 g/mol. The molecule has 162 valence electrons. The highest BCUT2D eigenvalue weighted by molar-refractivity contribution is 7.92. The number of allylic oxidation sites excluding steroid dienone is 2. The fourth-order valence-corrected chi connectivity index (χ4v) is 6.96. The molecule has 3 aliphatic rings. The first-order valence-electron chi connectivity index (χ1n) is 11.0. The minimum atomic E-state index is -3.64. The topological polar surface area (TPSA) is 49.4 Å². The number of hydrogen-bond donors (Lipinski definition) is 1. The van der Waals surface area contributed by atoms with Crippen molar-refractivity contribution in [2.75, 3.05) is 16.2 Å². The minimum Gasteiger partial charge on any atom is -0.378 e. The molecule has 0 spiro atoms. The lowest BCUT2D eigenvalue weighted by atomic mass is 9.77. The summed E-state index contributed by atoms with van der Waals surface area (Å²) >= 11 is 0. The van der Waals surface area contributed by atoms with Gasteiger partial charge in [-0.3, -0.25) is 4.31 Å². The van der Waals surface area contributed by atoms with Crippen LogP contribution < -0.4 is 9.62 Å². The first kappa shape index (κ1) is 19.6. The predicted molar refractivity (Wildman–Crippen MR) is 124 cm³/mol. The summed E-state index contributed by atoms with van der Waals surface area (Å²) in [4.78, 5) is 0.328. The lowest BCUT2D eigenvalue weighted by Crippen LogP contribution is -2.31. The Kier molecular flexibility index (Phi) is 4.40. The monoisotopic (exact) mass is 446 g/mol. The van der Waals surface area contributed by atoms with E-state index in [0.717, 1.165) is 40.9 Å². The van der Waals surface area contributed by atoms with Gasteiger partial charge in [0.1, 0.15) is 5.82 Å². The third-order valence-electron chi connectivity index (χ3n) is 7.00. The second kappa shape index (κ2) is 7.20. The molecule has 0 bridgehead atoms. The molecule has 6 rings (SSSR count). The van der Waals surface area contributed by atoms with Crippen LogP contribution >= 0.6 is 0 Å². The van der Waals surface area contributed by atoms with Gasteiger partial charge in [-0.15, -0.1) is 0 Å². The summed E-state index contributed by atoms with van der Waals surface area (Å²) < 4.78 is 42.1. The fourth-order valence-electron chi connectivity index (χ4n) is 5.42. The van der Waals surface area contributed by atoms with Crippen molar-refractivity contribution in [3.8, 4) is 0 Å². The summed E-state index contributed by atoms with van der Waals surface area (Å²) in [6.07, 6.45) is 5.98. The van der Waals surface area contributed by atoms with Crippen LogP contribution in [0.1, 0.15) is 35.1 Å². The van der Waals surface area contributed by atoms with Crippen LogP contribution in [-0.4, -0.2) is 15.0 Å². The Labute approximate surface area is 187 Å². The predicted octanol–water partition coefficient (Wildman–Crippen LogP) is 5.40. The summed E-state index contributed by atoms with van der Waals surface area (Å²) in [6, 6.07) is 19.8. The Morgan fingerprint density at radius 3 is 2.66 bits per heavy atom. The van der Waals surface area contributed by atoms with E-state index in [9.17, 15) is 12.8 Å². The van der Waals surface area contributed by atoms with Gasteiger partial charge in [0, 0.05) is 18.2 Å². The lowest BCUT2D eigenvalue weighted by molar-refractivity contribution is 0.424. The van der Waals surface area contributed by atoms with Gasteiger partial charge in [-0.25, -0.2) is 12.8 Å². The number of rotatable bonds is 3. The molecule has 3 aromatic carbocycles. The van der Waals surface area contributed by atoms with E-state index in [1.807, 2.05) is 48.5 Å². The molecule has 3 atom stereocenters. The largest absolute Gasteiger partial charge is 0.378 e. The van der Waals surface area contributed by atoms with Crippen LogP contribution in [0.25, 0.3) is 0 Å². The molecule has 3 unspecified atom stereocenters. The van der Waals surface area contributed by atoms with Crippen LogP contribution in [0.3, 0.4) is 0 Å². The van der Waals surface area contributed by atoms with Crippen molar-refractivity contribution >= 4 is 21.4 Å². The second-order valence-corrected chi connectivity index (χ2v) is 10.6. The molecule has 32 heavy (non-hydrogen) atoms. The van der Waals surface area contributed by atoms with Gasteiger partial charge < -0.3 is 5.32 Å². The number of para-hydroxylation sites is 1. The van der Waals surface area contributed by atoms with Gasteiger partial charge in [0.25, 0.3) is 10.0 Å². The van der Waals surface area contributed by atoms with Gasteiger partial charge in [-0.05, 0) is 71.8 Å². The van der Waals surface area contributed by atoms with E-state index in [0.29, 0.717) is 11.4 Å². The summed E-state index contributed by atoms with van der Waals surface area (Å²) in [5.41, 5.74) is 4.83. The number of sulfonamides is 1. The summed E-state index contributed by atoms with van der Waals surface area (Å²) in [7, 11) is -3.64. The number of nitrogens with zero attached hydrogens (tertiary/aromatic N) is 1. The molecule has 0 radical (unpaired) electrons. The van der Waals surface area contributed by atoms with Crippen molar-refractivity contribution in [2.24, 2.45) is 5.92 Å². The Bertz CT molecular complexity index is 1330. The van der Waals surface area contributed by atoms with Crippen LogP contribution in [0.2, 0.25) is 0 Å². The van der Waals surface area contributed by atoms with Crippen LogP contribution in [0.5, 0.6) is 0 Å². The van der Waals surface area contributed by atoms with E-state index >= 15 is 0 Å². The maximum Gasteiger partial charge on any atom is 0.264 e. The zero-order valence-electron chi connectivity index (χ0n) is 17.4. The molecule has 1 N–H and O–H groups in total. The molecule has 0 saturated carbocycles. The van der Waals surface area contributed by atoms with Crippen molar-refractivity contribution in [3.05, 3.63) is 101 Å². The van der Waals surface area contributed by atoms with Crippen molar-refractivity contribution in [1.29, 1.82) is 0 Å². The Balaban J connectivity index is 1.38. The summed E-state index contributed by atoms with van der Waals surface area (Å²) in [5.74, 6) is 0.144. The van der Waals surface area contributed by atoms with E-state index in [2.05, 4.69) is 17.5 Å². The number of anilines is 2. The molecule has 0 aromatic heterocycles. The quantitative estimate of drug-likeness (QED) is 0.548. The molecule has 0 saturated heterocycles. The second-order valence-electron chi connectivity index (χ2n) is 8.73. The van der Waals surface area contributed by atoms with E-state index in [4.69, 9.17) is 0 Å². The SMILES string of the molecule is O=S(=O)(c1ccc2c(c1)C1C=CCC1C(c1ccc(F)cc1)N2)N1CCc2ccccc21. The summed E-state index contributed by atoms with van der Waals surface area (Å²) in [6.45, 7) is 0.468. The van der Waals surface area contributed by atoms with Crippen LogP contribution in [0, 0.1) is 11.7 Å². The van der Waals surface area contributed by atoms with E-state index in [-0.39, 0.29) is 23.7 Å². The number of halogens is 1. The highest BCUT2D eigenvalue weighted by Crippen LogP contribution is 2.50. The average Bonchev–Trinajstić information content (AvgIpc) is 3.47. The van der Waals surface area contributed by atoms with Gasteiger partial charge in [-0.2, -0.15) is 0 Å². The lowest BCUT2D eigenvalue weighted by Gasteiger charge is -2.38. The number of fused-ring (bicyclic) bond motifs is 4. The summed E-state index contributed by atoms with van der Waals surface area (Å²) in [5, 5.41) is 3.60. The first-order valence-corrected chi connectivity index (χ1v) is 12.4. The van der Waals surface area contributed by atoms with E-state index < -0.39 is 10.0 Å². The molecule has 0 amide bonds. The maximum atomic E-state index is 13.5. The zero-order chi connectivity index (χ0) is 21.9. The fraction of sp³-hybridized carbons (Fsp3) is 0.231. The van der Waals surface area contributed by atoms with E-state index in [1.54, 1.807) is 6.07 Å². The van der Waals surface area contributed by atoms with Crippen molar-refractivity contribution in [2.45, 2.75) is 29.7 Å². The number of nitrogens with one attached hydrogen (secondary N) is 1. The Morgan fingerprint density at radius 1 is 1.00 bits per heavy atom. The molecular weight excluding hydrogens is 423 g/mol. The maximum absolute atomic E-state index is 13.5. The highest BCUT2D eigenvalue weighted by Gasteiger charge is 2.39. The highest BCUT2D eigenvalue weighted by atomic mass is 32.2. The minimum absolute atomic E-state index is 0.0519. The Morgan fingerprint density at radius 2 is 1.81 bits per heavy atom. The van der Waals surface area contributed by atoms with E-state index in [1.165, 1.54) is 16.4 Å². The molecule has 1 aliphatic carbocycles. The number of hydrogen-bond acceptors (Lipinski definition) is 3. The van der Waals surface area contributed by atoms with Crippen molar-refractivity contribution in [3.63, 3.8) is 0 Å². The first-order chi connectivity index (χ1) is 15.5. The zero-order valence-corrected chi connectivity index (χ0v) is 18.2. The molecule has 3 aromatic rings. The van der Waals surface area contributed by atoms with Crippen molar-refractivity contribution in [1.82, 2.24) is 0 Å². The number of benzene rings is 3. The Hall–Kier alpha value is -3.12. The van der Waals surface area contributed by atoms with Crippen LogP contribution in [0.15, 0.2) is 83.8 Å². The normalized spacial score (nSPS) is 23.4. The molecule has 4 nitrogen and oxygen atoms in total. The molecule has 2 heterocycles. The van der Waals surface area contributed by atoms with Gasteiger partial charge in [0.15, 0.2) is 0 Å². The molecule has 6 heteroatoms. The van der Waals surface area contributed by atoms with Crippen molar-refractivity contribution < 1.29 is 12.8 Å². The third kappa shape index (κ3) is 2.97. The van der Waals surface area contributed by atoms with Gasteiger partial charge in [0.2, 0.25) is 0 Å². The van der Waals surface area contributed by atoms with Gasteiger partial charge in [-0.1, -0.05) is 42.5 Å². The third-order valence-corrected chi connectivity index (χ3v) is 8.81. The molecule has 2 aliphatic heterocycles. The van der Waals surface area contributed by atoms with Crippen LogP contribution in [-0.2, 0) is 16.4 Å². The standard InChI is InChI=1S/C26H23FN2O2S/c27-19-10-8-18(9-11-19)26-22-6-3-5-21(22)23-16-20(12-13-24(23)28-26)32(30,31)29-15-14-17-4-1-2-7-25(17)29/h1-5,7-13,16,21-22,26,28H,6,14-15H2. The molecular formula is C26H23FN2O2S. The smallest absolute Gasteiger partial charge is 0.264 e. The molecule has 0 fully saturated rings. The van der Waals surface area contributed by atoms with Gasteiger partial charge >= 0.3 is 0 Å².